The summed E-state index contributed by atoms with van der Waals surface area (Å²) in [6.07, 6.45) is 0. The van der Waals surface area contributed by atoms with E-state index < -0.39 is 0 Å². The predicted molar refractivity (Wildman–Crippen MR) is 67.0 cm³/mol. The number of thioether (sulfide) groups is 1. The Morgan fingerprint density at radius 3 is 2.40 bits per heavy atom. The molecule has 6 heteroatoms. The van der Waals surface area contributed by atoms with Gasteiger partial charge in [0.1, 0.15) is 0 Å². The molecule has 0 aliphatic heterocycles. The average molecular weight is 246 g/mol. The van der Waals surface area contributed by atoms with E-state index in [-0.39, 0.29) is 22.8 Å². The summed E-state index contributed by atoms with van der Waals surface area (Å²) in [7, 11) is 1.65. The van der Waals surface area contributed by atoms with Gasteiger partial charge in [-0.05, 0) is 12.1 Å². The van der Waals surface area contributed by atoms with Gasteiger partial charge in [-0.1, -0.05) is 18.2 Å². The van der Waals surface area contributed by atoms with E-state index in [4.69, 9.17) is 11.1 Å². The molecule has 1 aromatic carbocycles. The molecule has 0 aliphatic rings. The summed E-state index contributed by atoms with van der Waals surface area (Å²) in [5, 5.41) is 6.52. The van der Waals surface area contributed by atoms with Crippen molar-refractivity contribution in [3.63, 3.8) is 0 Å². The minimum absolute atomic E-state index is 0. The van der Waals surface area contributed by atoms with Gasteiger partial charge in [0.25, 0.3) is 5.24 Å². The molecule has 0 radical (unpaired) electrons. The third-order valence-electron chi connectivity index (χ3n) is 1.61. The molecule has 4 nitrogen and oxygen atoms in total. The Morgan fingerprint density at radius 1 is 1.40 bits per heavy atom. The van der Waals surface area contributed by atoms with Crippen LogP contribution in [0.15, 0.2) is 30.3 Å². The number of rotatable bonds is 1. The van der Waals surface area contributed by atoms with E-state index in [1.54, 1.807) is 7.05 Å². The molecule has 15 heavy (non-hydrogen) atoms. The highest BCUT2D eigenvalue weighted by Gasteiger charge is 2.11. The lowest BCUT2D eigenvalue weighted by Gasteiger charge is -2.15. The summed E-state index contributed by atoms with van der Waals surface area (Å²) in [5.41, 5.74) is 5.89. The summed E-state index contributed by atoms with van der Waals surface area (Å²) in [6.45, 7) is 0. The van der Waals surface area contributed by atoms with Crippen LogP contribution in [-0.2, 0) is 0 Å². The van der Waals surface area contributed by atoms with Gasteiger partial charge in [0.2, 0.25) is 0 Å². The fourth-order valence-corrected chi connectivity index (χ4v) is 1.35. The number of halogens is 1. The molecule has 0 saturated carbocycles. The lowest BCUT2D eigenvalue weighted by atomic mass is 10.3. The van der Waals surface area contributed by atoms with Crippen molar-refractivity contribution in [1.29, 1.82) is 5.41 Å². The fourth-order valence-electron chi connectivity index (χ4n) is 0.920. The second-order valence-corrected chi connectivity index (χ2v) is 3.62. The second kappa shape index (κ2) is 6.31. The van der Waals surface area contributed by atoms with Crippen molar-refractivity contribution >= 4 is 40.3 Å². The molecular weight excluding hydrogens is 234 g/mol. The molecule has 1 aromatic rings. The number of amides is 1. The monoisotopic (exact) mass is 245 g/mol. The number of nitrogens with two attached hydrogens (primary N) is 1. The van der Waals surface area contributed by atoms with Crippen LogP contribution in [0.5, 0.6) is 0 Å². The Bertz CT molecular complexity index is 344. The number of carbonyl (C=O) groups excluding carboxylic acids is 1. The van der Waals surface area contributed by atoms with Crippen LogP contribution in [0.3, 0.4) is 0 Å². The van der Waals surface area contributed by atoms with Gasteiger partial charge >= 0.3 is 0 Å². The summed E-state index contributed by atoms with van der Waals surface area (Å²) < 4.78 is 0. The number of benzene rings is 1. The minimum atomic E-state index is -0.260. The second-order valence-electron chi connectivity index (χ2n) is 2.63. The lowest BCUT2D eigenvalue weighted by Crippen LogP contribution is -2.24. The third kappa shape index (κ3) is 4.22. The molecule has 0 aliphatic carbocycles. The summed E-state index contributed by atoms with van der Waals surface area (Å²) in [5.74, 6) is 0. The van der Waals surface area contributed by atoms with Gasteiger partial charge in [0.05, 0.1) is 0 Å². The van der Waals surface area contributed by atoms with Crippen LogP contribution in [0.1, 0.15) is 0 Å². The zero-order valence-electron chi connectivity index (χ0n) is 8.14. The minimum Gasteiger partial charge on any atom is -0.378 e. The van der Waals surface area contributed by atoms with Crippen molar-refractivity contribution in [2.75, 3.05) is 11.9 Å². The highest BCUT2D eigenvalue weighted by molar-refractivity contribution is 8.26. The van der Waals surface area contributed by atoms with E-state index in [0.717, 1.165) is 5.69 Å². The topological polar surface area (TPSA) is 70.2 Å². The van der Waals surface area contributed by atoms with Crippen LogP contribution in [0, 0.1) is 5.41 Å². The largest absolute Gasteiger partial charge is 0.378 e. The number of nitrogens with zero attached hydrogens (tertiary/aromatic N) is 1. The van der Waals surface area contributed by atoms with E-state index in [9.17, 15) is 4.79 Å². The van der Waals surface area contributed by atoms with Gasteiger partial charge < -0.3 is 10.6 Å². The van der Waals surface area contributed by atoms with Crippen LogP contribution in [0.25, 0.3) is 0 Å². The fraction of sp³-hybridized carbons (Fsp3) is 0.111. The standard InChI is InChI=1S/C9H11N3OS.ClH/c1-12(9(13)14-8(10)11)7-5-3-2-4-6-7;/h2-6H,1H3,(H3,10,11);1H. The molecule has 0 fully saturated rings. The first-order valence-electron chi connectivity index (χ1n) is 3.96. The number of carbonyl (C=O) groups is 1. The number of hydrogen-bond acceptors (Lipinski definition) is 3. The van der Waals surface area contributed by atoms with E-state index in [1.165, 1.54) is 4.90 Å². The Morgan fingerprint density at radius 2 is 1.93 bits per heavy atom. The van der Waals surface area contributed by atoms with Crippen molar-refractivity contribution in [2.24, 2.45) is 5.73 Å². The van der Waals surface area contributed by atoms with Crippen LogP contribution in [0.4, 0.5) is 10.5 Å². The zero-order chi connectivity index (χ0) is 10.6. The predicted octanol–water partition coefficient (Wildman–Crippen LogP) is 2.29. The first-order chi connectivity index (χ1) is 6.61. The first kappa shape index (κ1) is 13.8. The van der Waals surface area contributed by atoms with Gasteiger partial charge in [-0.3, -0.25) is 10.2 Å². The smallest absolute Gasteiger partial charge is 0.293 e. The SMILES string of the molecule is CN(C(=O)SC(=N)N)c1ccccc1.Cl. The summed E-state index contributed by atoms with van der Waals surface area (Å²) >= 11 is 0.705. The lowest BCUT2D eigenvalue weighted by molar-refractivity contribution is 0.266. The van der Waals surface area contributed by atoms with Crippen LogP contribution < -0.4 is 10.6 Å². The van der Waals surface area contributed by atoms with Gasteiger partial charge in [-0.15, -0.1) is 12.4 Å². The molecular formula is C9H12ClN3OS. The zero-order valence-corrected chi connectivity index (χ0v) is 9.77. The van der Waals surface area contributed by atoms with Crippen molar-refractivity contribution in [3.05, 3.63) is 30.3 Å². The molecule has 0 bridgehead atoms. The number of nitrogens with one attached hydrogen (secondary N) is 1. The van der Waals surface area contributed by atoms with E-state index in [2.05, 4.69) is 0 Å². The molecule has 82 valence electrons. The molecule has 0 saturated heterocycles. The van der Waals surface area contributed by atoms with Crippen LogP contribution >= 0.6 is 24.2 Å². The highest BCUT2D eigenvalue weighted by atomic mass is 35.5. The maximum absolute atomic E-state index is 11.4. The van der Waals surface area contributed by atoms with Crippen LogP contribution in [-0.4, -0.2) is 17.5 Å². The number of para-hydroxylation sites is 1. The van der Waals surface area contributed by atoms with E-state index >= 15 is 0 Å². The molecule has 0 heterocycles. The maximum atomic E-state index is 11.4. The Kier molecular flexibility index (Phi) is 5.81. The highest BCUT2D eigenvalue weighted by Crippen LogP contribution is 2.16. The Balaban J connectivity index is 0.00000196. The normalized spacial score (nSPS) is 8.87. The Labute approximate surface area is 98.7 Å². The van der Waals surface area contributed by atoms with Crippen molar-refractivity contribution in [3.8, 4) is 0 Å². The molecule has 0 atom stereocenters. The van der Waals surface area contributed by atoms with Gasteiger partial charge in [-0.25, -0.2) is 0 Å². The molecule has 1 amide bonds. The van der Waals surface area contributed by atoms with Crippen molar-refractivity contribution < 1.29 is 4.79 Å². The molecule has 0 unspecified atom stereocenters. The quantitative estimate of drug-likeness (QED) is 0.589. The average Bonchev–Trinajstić information content (AvgIpc) is 2.17. The van der Waals surface area contributed by atoms with Crippen LogP contribution in [0.2, 0.25) is 0 Å². The number of anilines is 1. The molecule has 0 aromatic heterocycles. The van der Waals surface area contributed by atoms with Gasteiger partial charge in [-0.2, -0.15) is 0 Å². The molecule has 3 N–H and O–H groups in total. The van der Waals surface area contributed by atoms with Gasteiger partial charge in [0, 0.05) is 24.5 Å². The van der Waals surface area contributed by atoms with Crippen molar-refractivity contribution in [1.82, 2.24) is 0 Å². The Hall–Kier alpha value is -1.20. The van der Waals surface area contributed by atoms with Gasteiger partial charge in [0.15, 0.2) is 5.17 Å². The number of hydrogen-bond donors (Lipinski definition) is 2. The summed E-state index contributed by atoms with van der Waals surface area (Å²) in [6, 6.07) is 9.20. The first-order valence-corrected chi connectivity index (χ1v) is 4.77. The molecule has 0 spiro atoms. The third-order valence-corrected chi connectivity index (χ3v) is 2.28. The maximum Gasteiger partial charge on any atom is 0.293 e. The van der Waals surface area contributed by atoms with E-state index in [0.29, 0.717) is 11.8 Å². The summed E-state index contributed by atoms with van der Waals surface area (Å²) in [4.78, 5) is 12.9. The van der Waals surface area contributed by atoms with E-state index in [1.807, 2.05) is 30.3 Å². The number of amidine groups is 1. The molecule has 1 rings (SSSR count). The van der Waals surface area contributed by atoms with Crippen molar-refractivity contribution in [2.45, 2.75) is 0 Å².